The number of carbonyl (C=O) groups is 2. The lowest BCUT2D eigenvalue weighted by Crippen LogP contribution is -2.42. The molecular weight excluding hydrogens is 272 g/mol. The molecule has 0 bridgehead atoms. The molecule has 0 aliphatic rings. The van der Waals surface area contributed by atoms with Crippen LogP contribution in [0.2, 0.25) is 0 Å². The van der Waals surface area contributed by atoms with Crippen LogP contribution in [0.15, 0.2) is 24.3 Å². The Bertz CT molecular complexity index is 476. The fraction of sp³-hybridized carbons (Fsp3) is 0.467. The summed E-state index contributed by atoms with van der Waals surface area (Å²) in [6.07, 6.45) is 0.592. The van der Waals surface area contributed by atoms with Crippen LogP contribution in [0.3, 0.4) is 0 Å². The monoisotopic (exact) mass is 294 g/mol. The molecule has 0 heterocycles. The van der Waals surface area contributed by atoms with E-state index in [4.69, 9.17) is 9.84 Å². The summed E-state index contributed by atoms with van der Waals surface area (Å²) in [7, 11) is 1.60. The topological polar surface area (TPSA) is 78.9 Å². The molecule has 6 nitrogen and oxygen atoms in total. The molecule has 2 amide bonds. The van der Waals surface area contributed by atoms with E-state index in [0.717, 1.165) is 5.56 Å². The molecule has 0 aliphatic carbocycles. The van der Waals surface area contributed by atoms with E-state index in [1.165, 1.54) is 0 Å². The van der Waals surface area contributed by atoms with E-state index in [1.807, 2.05) is 13.0 Å². The molecular formula is C15H22N2O4. The van der Waals surface area contributed by atoms with Crippen molar-refractivity contribution in [2.75, 3.05) is 33.4 Å². The molecule has 1 rings (SSSR count). The molecule has 0 saturated carbocycles. The van der Waals surface area contributed by atoms with Gasteiger partial charge in [0.05, 0.1) is 12.2 Å². The second-order valence-corrected chi connectivity index (χ2v) is 4.56. The van der Waals surface area contributed by atoms with Crippen molar-refractivity contribution in [3.8, 4) is 0 Å². The molecule has 0 spiro atoms. The van der Waals surface area contributed by atoms with Crippen LogP contribution < -0.4 is 5.32 Å². The Kier molecular flexibility index (Phi) is 7.25. The molecule has 0 radical (unpaired) electrons. The Labute approximate surface area is 124 Å². The maximum atomic E-state index is 11.9. The summed E-state index contributed by atoms with van der Waals surface area (Å²) in [5, 5.41) is 11.7. The molecule has 1 aromatic rings. The summed E-state index contributed by atoms with van der Waals surface area (Å²) >= 11 is 0. The summed E-state index contributed by atoms with van der Waals surface area (Å²) in [6, 6.07) is 6.59. The minimum atomic E-state index is -0.947. The minimum Gasteiger partial charge on any atom is -0.478 e. The lowest BCUT2D eigenvalue weighted by Gasteiger charge is -2.20. The largest absolute Gasteiger partial charge is 0.478 e. The third-order valence-corrected chi connectivity index (χ3v) is 3.10. The van der Waals surface area contributed by atoms with Crippen molar-refractivity contribution in [2.24, 2.45) is 0 Å². The quantitative estimate of drug-likeness (QED) is 0.763. The smallest absolute Gasteiger partial charge is 0.335 e. The maximum Gasteiger partial charge on any atom is 0.335 e. The van der Waals surface area contributed by atoms with Gasteiger partial charge in [0, 0.05) is 26.7 Å². The zero-order valence-corrected chi connectivity index (χ0v) is 12.5. The van der Waals surface area contributed by atoms with Gasteiger partial charge in [-0.1, -0.05) is 12.1 Å². The Hall–Kier alpha value is -2.08. The van der Waals surface area contributed by atoms with Gasteiger partial charge in [0.15, 0.2) is 0 Å². The first kappa shape index (κ1) is 17.0. The van der Waals surface area contributed by atoms with Crippen LogP contribution in [0.1, 0.15) is 22.8 Å². The highest BCUT2D eigenvalue weighted by molar-refractivity contribution is 5.87. The number of ether oxygens (including phenoxy) is 1. The third-order valence-electron chi connectivity index (χ3n) is 3.10. The van der Waals surface area contributed by atoms with Crippen molar-refractivity contribution >= 4 is 12.0 Å². The van der Waals surface area contributed by atoms with Gasteiger partial charge in [0.25, 0.3) is 0 Å². The van der Waals surface area contributed by atoms with E-state index in [1.54, 1.807) is 30.2 Å². The Balaban J connectivity index is 2.43. The number of carbonyl (C=O) groups excluding carboxylic acids is 1. The highest BCUT2D eigenvalue weighted by Gasteiger charge is 2.10. The normalized spacial score (nSPS) is 10.2. The Morgan fingerprint density at radius 3 is 2.76 bits per heavy atom. The lowest BCUT2D eigenvalue weighted by molar-refractivity contribution is 0.0696. The van der Waals surface area contributed by atoms with Gasteiger partial charge in [-0.05, 0) is 31.0 Å². The number of methoxy groups -OCH3 is 1. The molecule has 0 fully saturated rings. The average Bonchev–Trinajstić information content (AvgIpc) is 2.48. The number of hydrogen-bond acceptors (Lipinski definition) is 3. The molecule has 21 heavy (non-hydrogen) atoms. The van der Waals surface area contributed by atoms with Gasteiger partial charge in [0.2, 0.25) is 0 Å². The average molecular weight is 294 g/mol. The number of nitrogens with zero attached hydrogens (tertiary/aromatic N) is 1. The zero-order valence-electron chi connectivity index (χ0n) is 12.5. The molecule has 1 aromatic carbocycles. The second-order valence-electron chi connectivity index (χ2n) is 4.56. The van der Waals surface area contributed by atoms with E-state index in [-0.39, 0.29) is 11.6 Å². The maximum absolute atomic E-state index is 11.9. The molecule has 0 aromatic heterocycles. The molecule has 116 valence electrons. The van der Waals surface area contributed by atoms with Crippen LogP contribution in [0.25, 0.3) is 0 Å². The Morgan fingerprint density at radius 1 is 1.38 bits per heavy atom. The van der Waals surface area contributed by atoms with Crippen molar-refractivity contribution < 1.29 is 19.4 Å². The first-order valence-corrected chi connectivity index (χ1v) is 6.92. The molecule has 0 atom stereocenters. The molecule has 2 N–H and O–H groups in total. The summed E-state index contributed by atoms with van der Waals surface area (Å²) < 4.78 is 4.96. The van der Waals surface area contributed by atoms with Crippen LogP contribution in [-0.4, -0.2) is 55.4 Å². The van der Waals surface area contributed by atoms with E-state index >= 15 is 0 Å². The highest BCUT2D eigenvalue weighted by atomic mass is 16.5. The van der Waals surface area contributed by atoms with Gasteiger partial charge in [-0.25, -0.2) is 9.59 Å². The van der Waals surface area contributed by atoms with Crippen LogP contribution in [0, 0.1) is 0 Å². The molecule has 0 aliphatic heterocycles. The van der Waals surface area contributed by atoms with Crippen LogP contribution in [0.4, 0.5) is 4.79 Å². The number of carboxylic acids is 1. The van der Waals surface area contributed by atoms with Gasteiger partial charge in [-0.2, -0.15) is 0 Å². The van der Waals surface area contributed by atoms with Gasteiger partial charge in [-0.15, -0.1) is 0 Å². The molecule has 0 saturated heterocycles. The fourth-order valence-corrected chi connectivity index (χ4v) is 1.89. The van der Waals surface area contributed by atoms with Crippen molar-refractivity contribution in [1.29, 1.82) is 0 Å². The first-order valence-electron chi connectivity index (χ1n) is 6.92. The number of carboxylic acid groups (broad SMARTS) is 1. The van der Waals surface area contributed by atoms with E-state index in [9.17, 15) is 9.59 Å². The summed E-state index contributed by atoms with van der Waals surface area (Å²) in [6.45, 7) is 4.04. The number of nitrogens with one attached hydrogen (secondary N) is 1. The molecule has 6 heteroatoms. The molecule has 0 unspecified atom stereocenters. The summed E-state index contributed by atoms with van der Waals surface area (Å²) in [5.41, 5.74) is 1.14. The van der Waals surface area contributed by atoms with Crippen LogP contribution in [-0.2, 0) is 11.2 Å². The number of amides is 2. The first-order chi connectivity index (χ1) is 10.1. The Morgan fingerprint density at radius 2 is 2.14 bits per heavy atom. The number of likely N-dealkylation sites (N-methyl/N-ethyl adjacent to an activating group) is 1. The lowest BCUT2D eigenvalue weighted by atomic mass is 10.1. The number of aromatic carboxylic acids is 1. The number of rotatable bonds is 8. The van der Waals surface area contributed by atoms with Crippen molar-refractivity contribution in [1.82, 2.24) is 10.2 Å². The zero-order chi connectivity index (χ0) is 15.7. The van der Waals surface area contributed by atoms with E-state index < -0.39 is 5.97 Å². The third kappa shape index (κ3) is 5.83. The van der Waals surface area contributed by atoms with Gasteiger partial charge in [0.1, 0.15) is 0 Å². The predicted molar refractivity (Wildman–Crippen MR) is 79.6 cm³/mol. The number of hydrogen-bond donors (Lipinski definition) is 2. The van der Waals surface area contributed by atoms with E-state index in [2.05, 4.69) is 5.32 Å². The van der Waals surface area contributed by atoms with Gasteiger partial charge < -0.3 is 20.1 Å². The number of urea groups is 1. The van der Waals surface area contributed by atoms with E-state index in [0.29, 0.717) is 32.7 Å². The highest BCUT2D eigenvalue weighted by Crippen LogP contribution is 2.05. The standard InChI is InChI=1S/C15H22N2O4/c1-3-17(9-10-21-2)15(20)16-8-7-12-5-4-6-13(11-12)14(18)19/h4-6,11H,3,7-10H2,1-2H3,(H,16,20)(H,18,19). The minimum absolute atomic E-state index is 0.135. The summed E-state index contributed by atoms with van der Waals surface area (Å²) in [4.78, 5) is 24.5. The SMILES string of the molecule is CCN(CCOC)C(=O)NCCc1cccc(C(=O)O)c1. The van der Waals surface area contributed by atoms with Crippen LogP contribution in [0.5, 0.6) is 0 Å². The predicted octanol–water partition coefficient (Wildman–Crippen LogP) is 1.61. The fourth-order valence-electron chi connectivity index (χ4n) is 1.89. The second kappa shape index (κ2) is 8.97. The van der Waals surface area contributed by atoms with Gasteiger partial charge in [-0.3, -0.25) is 0 Å². The summed E-state index contributed by atoms with van der Waals surface area (Å²) in [5.74, 6) is -0.947. The van der Waals surface area contributed by atoms with Crippen molar-refractivity contribution in [3.63, 3.8) is 0 Å². The van der Waals surface area contributed by atoms with Gasteiger partial charge >= 0.3 is 12.0 Å². The van der Waals surface area contributed by atoms with Crippen molar-refractivity contribution in [3.05, 3.63) is 35.4 Å². The van der Waals surface area contributed by atoms with Crippen LogP contribution >= 0.6 is 0 Å². The number of benzene rings is 1. The van der Waals surface area contributed by atoms with Crippen molar-refractivity contribution in [2.45, 2.75) is 13.3 Å².